The zero-order valence-corrected chi connectivity index (χ0v) is 20.7. The highest BCUT2D eigenvalue weighted by Gasteiger charge is 2.25. The molecule has 3 heterocycles. The van der Waals surface area contributed by atoms with Crippen LogP contribution in [0.25, 0.3) is 22.3 Å². The third-order valence-electron chi connectivity index (χ3n) is 6.22. The van der Waals surface area contributed by atoms with Gasteiger partial charge in [-0.3, -0.25) is 9.59 Å². The molecule has 1 fully saturated rings. The number of ether oxygens (including phenoxy) is 1. The average Bonchev–Trinajstić information content (AvgIpc) is 3.54. The molecule has 1 N–H and O–H groups in total. The van der Waals surface area contributed by atoms with Gasteiger partial charge in [0.2, 0.25) is 5.91 Å². The van der Waals surface area contributed by atoms with E-state index in [1.807, 2.05) is 50.2 Å². The zero-order valence-electron chi connectivity index (χ0n) is 20.7. The highest BCUT2D eigenvalue weighted by molar-refractivity contribution is 6.06. The SMILES string of the molecule is CC(C)n1ncc2c(C(=O)OCC(=O)Nc3ccccc3N3CCCC3=O)cc(-c3ccccc3)nc21. The Morgan fingerprint density at radius 2 is 1.84 bits per heavy atom. The van der Waals surface area contributed by atoms with Crippen molar-refractivity contribution in [1.82, 2.24) is 14.8 Å². The first kappa shape index (κ1) is 24.2. The van der Waals surface area contributed by atoms with E-state index in [1.165, 1.54) is 0 Å². The van der Waals surface area contributed by atoms with Crippen molar-refractivity contribution in [2.24, 2.45) is 0 Å². The summed E-state index contributed by atoms with van der Waals surface area (Å²) in [5.74, 6) is -1.13. The molecule has 2 aromatic carbocycles. The molecule has 2 amide bonds. The summed E-state index contributed by atoms with van der Waals surface area (Å²) in [7, 11) is 0. The van der Waals surface area contributed by atoms with Crippen LogP contribution in [-0.2, 0) is 14.3 Å². The van der Waals surface area contributed by atoms with Gasteiger partial charge >= 0.3 is 5.97 Å². The number of hydrogen-bond donors (Lipinski definition) is 1. The Morgan fingerprint density at radius 1 is 1.08 bits per heavy atom. The Bertz CT molecular complexity index is 1480. The number of para-hydroxylation sites is 2. The maximum atomic E-state index is 13.2. The van der Waals surface area contributed by atoms with Crippen LogP contribution >= 0.6 is 0 Å². The summed E-state index contributed by atoms with van der Waals surface area (Å²) in [6.45, 7) is 4.09. The molecule has 0 radical (unpaired) electrons. The van der Waals surface area contributed by atoms with Crippen LogP contribution in [0.15, 0.2) is 66.9 Å². The van der Waals surface area contributed by atoms with Crippen molar-refractivity contribution in [3.8, 4) is 11.3 Å². The lowest BCUT2D eigenvalue weighted by Crippen LogP contribution is -2.27. The predicted octanol–water partition coefficient (Wildman–Crippen LogP) is 4.60. The minimum absolute atomic E-state index is 0.0194. The van der Waals surface area contributed by atoms with E-state index < -0.39 is 18.5 Å². The maximum absolute atomic E-state index is 13.2. The van der Waals surface area contributed by atoms with Gasteiger partial charge in [0.25, 0.3) is 5.91 Å². The van der Waals surface area contributed by atoms with Gasteiger partial charge < -0.3 is 15.0 Å². The molecule has 1 aliphatic rings. The second-order valence-corrected chi connectivity index (χ2v) is 9.13. The van der Waals surface area contributed by atoms with Crippen LogP contribution < -0.4 is 10.2 Å². The van der Waals surface area contributed by atoms with E-state index in [4.69, 9.17) is 9.72 Å². The van der Waals surface area contributed by atoms with Gasteiger partial charge in [0.1, 0.15) is 0 Å². The van der Waals surface area contributed by atoms with Crippen LogP contribution in [0, 0.1) is 0 Å². The lowest BCUT2D eigenvalue weighted by atomic mass is 10.1. The van der Waals surface area contributed by atoms with E-state index in [1.54, 1.807) is 40.0 Å². The second kappa shape index (κ2) is 10.2. The van der Waals surface area contributed by atoms with Crippen LogP contribution in [0.4, 0.5) is 11.4 Å². The van der Waals surface area contributed by atoms with E-state index in [2.05, 4.69) is 10.4 Å². The van der Waals surface area contributed by atoms with Gasteiger partial charge in [0.15, 0.2) is 12.3 Å². The number of amides is 2. The van der Waals surface area contributed by atoms with Crippen molar-refractivity contribution < 1.29 is 19.1 Å². The fraction of sp³-hybridized carbons (Fsp3) is 0.250. The topological polar surface area (TPSA) is 106 Å². The lowest BCUT2D eigenvalue weighted by Gasteiger charge is -2.20. The fourth-order valence-corrected chi connectivity index (χ4v) is 4.43. The summed E-state index contributed by atoms with van der Waals surface area (Å²) in [6, 6.07) is 18.3. The molecular formula is C28H27N5O4. The number of aromatic nitrogens is 3. The Labute approximate surface area is 214 Å². The quantitative estimate of drug-likeness (QED) is 0.374. The van der Waals surface area contributed by atoms with E-state index in [9.17, 15) is 14.4 Å². The van der Waals surface area contributed by atoms with Crippen molar-refractivity contribution in [2.45, 2.75) is 32.7 Å². The first-order valence-electron chi connectivity index (χ1n) is 12.2. The van der Waals surface area contributed by atoms with Crippen LogP contribution in [0.2, 0.25) is 0 Å². The zero-order chi connectivity index (χ0) is 25.9. The minimum atomic E-state index is -0.647. The smallest absolute Gasteiger partial charge is 0.339 e. The average molecular weight is 498 g/mol. The summed E-state index contributed by atoms with van der Waals surface area (Å²) in [5, 5.41) is 7.73. The van der Waals surface area contributed by atoms with Crippen LogP contribution in [-0.4, -0.2) is 45.7 Å². The summed E-state index contributed by atoms with van der Waals surface area (Å²) >= 11 is 0. The molecule has 4 aromatic rings. The summed E-state index contributed by atoms with van der Waals surface area (Å²) in [6.07, 6.45) is 2.85. The highest BCUT2D eigenvalue weighted by atomic mass is 16.5. The first-order chi connectivity index (χ1) is 17.9. The van der Waals surface area contributed by atoms with Crippen molar-refractivity contribution in [3.05, 3.63) is 72.4 Å². The van der Waals surface area contributed by atoms with Crippen LogP contribution in [0.1, 0.15) is 43.1 Å². The van der Waals surface area contributed by atoms with Crippen molar-refractivity contribution in [3.63, 3.8) is 0 Å². The molecule has 0 saturated carbocycles. The predicted molar refractivity (Wildman–Crippen MR) is 140 cm³/mol. The van der Waals surface area contributed by atoms with E-state index in [-0.39, 0.29) is 17.5 Å². The van der Waals surface area contributed by atoms with Gasteiger partial charge in [-0.1, -0.05) is 42.5 Å². The van der Waals surface area contributed by atoms with Gasteiger partial charge in [-0.05, 0) is 38.5 Å². The molecule has 9 heteroatoms. The summed E-state index contributed by atoms with van der Waals surface area (Å²) < 4.78 is 7.17. The number of pyridine rings is 1. The minimum Gasteiger partial charge on any atom is -0.452 e. The Morgan fingerprint density at radius 3 is 2.57 bits per heavy atom. The molecule has 0 aliphatic carbocycles. The molecule has 1 saturated heterocycles. The number of carbonyl (C=O) groups is 3. The molecule has 37 heavy (non-hydrogen) atoms. The Kier molecular flexibility index (Phi) is 6.68. The molecular weight excluding hydrogens is 470 g/mol. The highest BCUT2D eigenvalue weighted by Crippen LogP contribution is 2.30. The van der Waals surface area contributed by atoms with Gasteiger partial charge in [-0.2, -0.15) is 5.10 Å². The van der Waals surface area contributed by atoms with Crippen LogP contribution in [0.3, 0.4) is 0 Å². The molecule has 0 atom stereocenters. The van der Waals surface area contributed by atoms with E-state index in [0.29, 0.717) is 41.1 Å². The summed E-state index contributed by atoms with van der Waals surface area (Å²) in [5.41, 5.74) is 3.43. The molecule has 0 unspecified atom stereocenters. The molecule has 188 valence electrons. The van der Waals surface area contributed by atoms with E-state index in [0.717, 1.165) is 12.0 Å². The molecule has 1 aliphatic heterocycles. The number of nitrogens with one attached hydrogen (secondary N) is 1. The first-order valence-corrected chi connectivity index (χ1v) is 12.2. The van der Waals surface area contributed by atoms with Gasteiger partial charge in [-0.15, -0.1) is 0 Å². The van der Waals surface area contributed by atoms with Crippen LogP contribution in [0.5, 0.6) is 0 Å². The van der Waals surface area contributed by atoms with Crippen molar-refractivity contribution >= 4 is 40.2 Å². The number of anilines is 2. The Hall–Kier alpha value is -4.53. The van der Waals surface area contributed by atoms with E-state index >= 15 is 0 Å². The second-order valence-electron chi connectivity index (χ2n) is 9.13. The van der Waals surface area contributed by atoms with Gasteiger partial charge in [0.05, 0.1) is 34.2 Å². The number of esters is 1. The maximum Gasteiger partial charge on any atom is 0.339 e. The van der Waals surface area contributed by atoms with Gasteiger partial charge in [0, 0.05) is 24.6 Å². The number of fused-ring (bicyclic) bond motifs is 1. The Balaban J connectivity index is 1.37. The number of hydrogen-bond acceptors (Lipinski definition) is 6. The number of nitrogens with zero attached hydrogens (tertiary/aromatic N) is 4. The number of carbonyl (C=O) groups excluding carboxylic acids is 3. The molecule has 0 spiro atoms. The lowest BCUT2D eigenvalue weighted by molar-refractivity contribution is -0.119. The van der Waals surface area contributed by atoms with Crippen molar-refractivity contribution in [1.29, 1.82) is 0 Å². The third-order valence-corrected chi connectivity index (χ3v) is 6.22. The molecule has 5 rings (SSSR count). The standard InChI is InChI=1S/C28H27N5O4/c1-18(2)33-27-21(16-29-33)20(15-23(31-27)19-9-4-3-5-10-19)28(36)37-17-25(34)30-22-11-6-7-12-24(22)32-14-8-13-26(32)35/h3-7,9-12,15-16,18H,8,13-14,17H2,1-2H3,(H,30,34). The largest absolute Gasteiger partial charge is 0.452 e. The molecule has 0 bridgehead atoms. The number of rotatable bonds is 7. The summed E-state index contributed by atoms with van der Waals surface area (Å²) in [4.78, 5) is 44.5. The molecule has 2 aromatic heterocycles. The third kappa shape index (κ3) is 4.93. The number of benzene rings is 2. The normalized spacial score (nSPS) is 13.4. The fourth-order valence-electron chi connectivity index (χ4n) is 4.43. The van der Waals surface area contributed by atoms with Gasteiger partial charge in [-0.25, -0.2) is 14.5 Å². The molecule has 9 nitrogen and oxygen atoms in total. The monoisotopic (exact) mass is 497 g/mol. The van der Waals surface area contributed by atoms with Crippen molar-refractivity contribution in [2.75, 3.05) is 23.4 Å².